The molecular weight excluding hydrogens is 1350 g/mol. The topological polar surface area (TPSA) is 144 Å². The number of nitrogens with zero attached hydrogens (tertiary/aromatic N) is 4. The fourth-order valence-electron chi connectivity index (χ4n) is 11.9. The van der Waals surface area contributed by atoms with Crippen LogP contribution in [0.15, 0.2) is 275 Å². The largest absolute Gasteiger partial charge is 0.464 e. The summed E-state index contributed by atoms with van der Waals surface area (Å²) in [5.41, 5.74) is 27.3. The molecule has 0 bridgehead atoms. The van der Waals surface area contributed by atoms with Gasteiger partial charge in [-0.1, -0.05) is 216 Å². The molecule has 0 unspecified atom stereocenters. The average Bonchev–Trinajstić information content (AvgIpc) is 1.74. The lowest BCUT2D eigenvalue weighted by atomic mass is 9.99. The van der Waals surface area contributed by atoms with Gasteiger partial charge in [-0.2, -0.15) is 0 Å². The van der Waals surface area contributed by atoms with Crippen LogP contribution in [0.1, 0.15) is 239 Å². The molecule has 108 heavy (non-hydrogen) atoms. The van der Waals surface area contributed by atoms with Crippen LogP contribution in [-0.4, -0.2) is 19.9 Å². The average molecular weight is 1460 g/mol. The van der Waals surface area contributed by atoms with E-state index in [2.05, 4.69) is 278 Å². The maximum absolute atomic E-state index is 5.31. The summed E-state index contributed by atoms with van der Waals surface area (Å²) in [7, 11) is 0. The number of oxazole rings is 3. The second-order valence-electron chi connectivity index (χ2n) is 30.1. The molecule has 0 fully saturated rings. The van der Waals surface area contributed by atoms with Crippen molar-refractivity contribution in [3.05, 3.63) is 305 Å². The van der Waals surface area contributed by atoms with Gasteiger partial charge in [-0.15, -0.1) is 11.3 Å². The summed E-state index contributed by atoms with van der Waals surface area (Å²) < 4.78 is 37.9. The Hall–Kier alpha value is -10.8. The third-order valence-corrected chi connectivity index (χ3v) is 19.9. The van der Waals surface area contributed by atoms with Crippen LogP contribution < -0.4 is 0 Å². The Morgan fingerprint density at radius 3 is 1.05 bits per heavy atom. The number of aromatic nitrogens is 4. The number of furan rings is 4. The molecule has 0 saturated carbocycles. The Bertz CT molecular complexity index is 4680. The van der Waals surface area contributed by atoms with E-state index < -0.39 is 0 Å². The van der Waals surface area contributed by atoms with Crippen molar-refractivity contribution in [2.45, 2.75) is 184 Å². The molecule has 18 rings (SSSR count). The number of hydrogen-bond donors (Lipinski definition) is 0. The number of benzene rings is 9. The highest BCUT2D eigenvalue weighted by Crippen LogP contribution is 2.30. The Kier molecular flexibility index (Phi) is 28.1. The van der Waals surface area contributed by atoms with Crippen molar-refractivity contribution in [1.82, 2.24) is 19.9 Å². The van der Waals surface area contributed by atoms with Crippen LogP contribution in [0.5, 0.6) is 0 Å². The van der Waals surface area contributed by atoms with Gasteiger partial charge in [-0.25, -0.2) is 19.9 Å². The standard InChI is InChI=1S/C12H14.4C11H12O.3C10H11NO.C10H11NS/c1-9(2)11-7-6-10-4-3-5-12(10)8-11;2*1-8(2)9-3-4-11-10(7-9)5-6-12-11;2*1-8(2)10-4-3-9-5-6-12-11(9)7-10;1-7(2)8-3-4-10-9(5-8)11-6-12-10;2*1-7(2)8-3-4-9-10(5-8)12-6-11-9;1-7(2)8-3-4-10-9(5-8)11-6-12-10/h3,5-9H,4H2,1-2H3;4*3-8H,1-2H3;4*3-7H,1-2H3. The molecule has 0 spiro atoms. The molecule has 0 N–H and O–H groups in total. The normalized spacial score (nSPS) is 11.5. The summed E-state index contributed by atoms with van der Waals surface area (Å²) in [5.74, 6) is 5.18. The van der Waals surface area contributed by atoms with Gasteiger partial charge in [0.1, 0.15) is 38.9 Å². The van der Waals surface area contributed by atoms with Gasteiger partial charge in [0.15, 0.2) is 35.9 Å². The monoisotopic (exact) mass is 1460 g/mol. The maximum Gasteiger partial charge on any atom is 0.181 e. The summed E-state index contributed by atoms with van der Waals surface area (Å²) in [6, 6.07) is 65.1. The van der Waals surface area contributed by atoms with Gasteiger partial charge in [0.25, 0.3) is 0 Å². The van der Waals surface area contributed by atoms with Gasteiger partial charge in [0.2, 0.25) is 0 Å². The Morgan fingerprint density at radius 2 is 0.593 bits per heavy atom. The lowest BCUT2D eigenvalue weighted by molar-refractivity contribution is 0.601. The highest BCUT2D eigenvalue weighted by molar-refractivity contribution is 7.16. The first-order valence-corrected chi connectivity index (χ1v) is 38.8. The summed E-state index contributed by atoms with van der Waals surface area (Å²) in [4.78, 5) is 16.5. The highest BCUT2D eigenvalue weighted by Gasteiger charge is 2.11. The first-order valence-electron chi connectivity index (χ1n) is 38.0. The molecule has 0 radical (unpaired) electrons. The quantitative estimate of drug-likeness (QED) is 0.136. The molecule has 8 heterocycles. The van der Waals surface area contributed by atoms with Crippen LogP contribution in [0.25, 0.3) is 93.5 Å². The third kappa shape index (κ3) is 21.9. The maximum atomic E-state index is 5.31. The van der Waals surface area contributed by atoms with E-state index in [0.717, 1.165) is 67.6 Å². The molecule has 0 amide bonds. The van der Waals surface area contributed by atoms with Crippen molar-refractivity contribution in [2.75, 3.05) is 0 Å². The molecule has 0 saturated heterocycles. The molecule has 12 heteroatoms. The van der Waals surface area contributed by atoms with E-state index in [4.69, 9.17) is 30.9 Å². The van der Waals surface area contributed by atoms with Gasteiger partial charge >= 0.3 is 0 Å². The second-order valence-corrected chi connectivity index (χ2v) is 31.0. The van der Waals surface area contributed by atoms with Crippen LogP contribution in [0, 0.1) is 0 Å². The Labute approximate surface area is 641 Å². The zero-order valence-corrected chi connectivity index (χ0v) is 66.9. The van der Waals surface area contributed by atoms with E-state index >= 15 is 0 Å². The SMILES string of the molecule is CC(C)c1ccc2c(c1)C=CC2.CC(C)c1ccc2ccoc2c1.CC(C)c1ccc2ccoc2c1.CC(C)c1ccc2ncoc2c1.CC(C)c1ccc2ncoc2c1.CC(C)c1ccc2occc2c1.CC(C)c1ccc2occc2c1.CC(C)c1ccc2ocnc2c1.CC(C)c1ccc2scnc2c1. The van der Waals surface area contributed by atoms with E-state index in [1.165, 1.54) is 107 Å². The van der Waals surface area contributed by atoms with Crippen molar-refractivity contribution in [1.29, 1.82) is 0 Å². The van der Waals surface area contributed by atoms with E-state index in [9.17, 15) is 0 Å². The molecule has 8 aromatic heterocycles. The summed E-state index contributed by atoms with van der Waals surface area (Å²) in [6.07, 6.45) is 16.9. The predicted octanol–water partition coefficient (Wildman–Crippen LogP) is 29.9. The van der Waals surface area contributed by atoms with Gasteiger partial charge in [-0.05, 0) is 230 Å². The van der Waals surface area contributed by atoms with Crippen molar-refractivity contribution >= 4 is 105 Å². The number of rotatable bonds is 9. The minimum absolute atomic E-state index is 0.541. The van der Waals surface area contributed by atoms with Gasteiger partial charge in [0, 0.05) is 21.5 Å². The van der Waals surface area contributed by atoms with Crippen molar-refractivity contribution in [3.63, 3.8) is 0 Å². The second kappa shape index (κ2) is 38.1. The lowest BCUT2D eigenvalue weighted by Crippen LogP contribution is -1.89. The predicted molar refractivity (Wildman–Crippen MR) is 452 cm³/mol. The van der Waals surface area contributed by atoms with Crippen LogP contribution in [-0.2, 0) is 6.42 Å². The summed E-state index contributed by atoms with van der Waals surface area (Å²) in [6.45, 7) is 39.4. The molecule has 558 valence electrons. The van der Waals surface area contributed by atoms with E-state index in [1.54, 1.807) is 36.4 Å². The molecule has 1 aliphatic rings. The smallest absolute Gasteiger partial charge is 0.181 e. The number of thiazole rings is 1. The van der Waals surface area contributed by atoms with E-state index in [1.807, 2.05) is 72.2 Å². The van der Waals surface area contributed by atoms with Crippen LogP contribution in [0.2, 0.25) is 0 Å². The lowest BCUT2D eigenvalue weighted by Gasteiger charge is -2.07. The molecule has 17 aromatic rings. The first kappa shape index (κ1) is 79.7. The van der Waals surface area contributed by atoms with Crippen molar-refractivity contribution in [3.8, 4) is 0 Å². The van der Waals surface area contributed by atoms with Crippen LogP contribution in [0.4, 0.5) is 0 Å². The summed E-state index contributed by atoms with van der Waals surface area (Å²) in [5, 5.41) is 4.75. The minimum atomic E-state index is 0.541. The Morgan fingerprint density at radius 1 is 0.259 bits per heavy atom. The molecule has 9 aromatic carbocycles. The van der Waals surface area contributed by atoms with E-state index in [0.29, 0.717) is 53.3 Å². The van der Waals surface area contributed by atoms with Gasteiger partial charge in [-0.3, -0.25) is 0 Å². The van der Waals surface area contributed by atoms with Crippen LogP contribution in [0.3, 0.4) is 0 Å². The molecule has 11 nitrogen and oxygen atoms in total. The van der Waals surface area contributed by atoms with E-state index in [-0.39, 0.29) is 0 Å². The first-order chi connectivity index (χ1) is 51.9. The third-order valence-electron chi connectivity index (χ3n) is 19.1. The van der Waals surface area contributed by atoms with Crippen LogP contribution >= 0.6 is 11.3 Å². The fourth-order valence-corrected chi connectivity index (χ4v) is 12.6. The van der Waals surface area contributed by atoms with Gasteiger partial charge < -0.3 is 30.9 Å². The number of hydrogen-bond acceptors (Lipinski definition) is 12. The zero-order valence-electron chi connectivity index (χ0n) is 66.1. The number of allylic oxidation sites excluding steroid dienone is 1. The van der Waals surface area contributed by atoms with Crippen molar-refractivity contribution in [2.24, 2.45) is 0 Å². The summed E-state index contributed by atoms with van der Waals surface area (Å²) >= 11 is 1.70. The van der Waals surface area contributed by atoms with Gasteiger partial charge in [0.05, 0.1) is 40.8 Å². The zero-order chi connectivity index (χ0) is 77.0. The Balaban J connectivity index is 0.000000130. The highest BCUT2D eigenvalue weighted by atomic mass is 32.1. The number of fused-ring (bicyclic) bond motifs is 9. The fraction of sp³-hybridized carbons (Fsp3) is 0.292. The minimum Gasteiger partial charge on any atom is -0.464 e. The molecular formula is C96H106N4O7S. The molecule has 0 aliphatic heterocycles. The van der Waals surface area contributed by atoms with Crippen molar-refractivity contribution < 1.29 is 30.9 Å². The molecule has 0 atom stereocenters. The molecule has 1 aliphatic carbocycles.